The van der Waals surface area contributed by atoms with Gasteiger partial charge in [-0.3, -0.25) is 0 Å². The predicted octanol–water partition coefficient (Wildman–Crippen LogP) is 4.51. The second kappa shape index (κ2) is 6.77. The van der Waals surface area contributed by atoms with Gasteiger partial charge in [0, 0.05) is 6.54 Å². The van der Waals surface area contributed by atoms with Crippen LogP contribution < -0.4 is 10.5 Å². The minimum absolute atomic E-state index is 0.107. The molecular formula is C19H25NO. The maximum Gasteiger partial charge on any atom is 0.136 e. The van der Waals surface area contributed by atoms with Crippen LogP contribution in [0.4, 0.5) is 0 Å². The van der Waals surface area contributed by atoms with Crippen LogP contribution >= 0.6 is 0 Å². The standard InChI is InChI=1S/C19H25NO/c1-13(2)17-9-8-15(4)11-18(17)21-19(12-20)16-7-5-6-14(3)10-16/h5-11,13,19H,12,20H2,1-4H3. The van der Waals surface area contributed by atoms with Crippen molar-refractivity contribution < 1.29 is 4.74 Å². The van der Waals surface area contributed by atoms with Gasteiger partial charge in [-0.2, -0.15) is 0 Å². The van der Waals surface area contributed by atoms with Gasteiger partial charge in [0.1, 0.15) is 11.9 Å². The van der Waals surface area contributed by atoms with E-state index in [1.165, 1.54) is 16.7 Å². The fourth-order valence-electron chi connectivity index (χ4n) is 2.50. The molecule has 1 atom stereocenters. The van der Waals surface area contributed by atoms with Gasteiger partial charge in [-0.15, -0.1) is 0 Å². The Morgan fingerprint density at radius 2 is 1.71 bits per heavy atom. The third-order valence-electron chi connectivity index (χ3n) is 3.69. The van der Waals surface area contributed by atoms with Gasteiger partial charge < -0.3 is 10.5 Å². The minimum Gasteiger partial charge on any atom is -0.484 e. The van der Waals surface area contributed by atoms with Crippen molar-refractivity contribution in [2.24, 2.45) is 5.73 Å². The molecular weight excluding hydrogens is 258 g/mol. The molecule has 0 saturated heterocycles. The van der Waals surface area contributed by atoms with Crippen LogP contribution in [0, 0.1) is 13.8 Å². The highest BCUT2D eigenvalue weighted by Crippen LogP contribution is 2.31. The van der Waals surface area contributed by atoms with E-state index in [-0.39, 0.29) is 6.10 Å². The van der Waals surface area contributed by atoms with E-state index in [1.807, 2.05) is 0 Å². The van der Waals surface area contributed by atoms with Gasteiger partial charge in [-0.25, -0.2) is 0 Å². The Bertz CT molecular complexity index is 604. The zero-order valence-corrected chi connectivity index (χ0v) is 13.4. The van der Waals surface area contributed by atoms with Crippen LogP contribution in [-0.2, 0) is 0 Å². The third-order valence-corrected chi connectivity index (χ3v) is 3.69. The van der Waals surface area contributed by atoms with Crippen LogP contribution in [0.15, 0.2) is 42.5 Å². The Hall–Kier alpha value is -1.80. The molecule has 2 aromatic rings. The largest absolute Gasteiger partial charge is 0.484 e. The lowest BCUT2D eigenvalue weighted by atomic mass is 10.00. The summed E-state index contributed by atoms with van der Waals surface area (Å²) in [6.45, 7) is 9.00. The molecule has 21 heavy (non-hydrogen) atoms. The van der Waals surface area contributed by atoms with E-state index in [1.54, 1.807) is 0 Å². The van der Waals surface area contributed by atoms with Gasteiger partial charge in [0.25, 0.3) is 0 Å². The number of nitrogens with two attached hydrogens (primary N) is 1. The van der Waals surface area contributed by atoms with E-state index in [0.717, 1.165) is 11.3 Å². The van der Waals surface area contributed by atoms with Crippen LogP contribution in [0.5, 0.6) is 5.75 Å². The quantitative estimate of drug-likeness (QED) is 0.876. The Morgan fingerprint density at radius 1 is 1.00 bits per heavy atom. The second-order valence-corrected chi connectivity index (χ2v) is 5.95. The molecule has 0 aliphatic rings. The normalized spacial score (nSPS) is 12.5. The number of benzene rings is 2. The number of hydrogen-bond donors (Lipinski definition) is 1. The summed E-state index contributed by atoms with van der Waals surface area (Å²) in [6.07, 6.45) is -0.107. The van der Waals surface area contributed by atoms with E-state index in [4.69, 9.17) is 10.5 Å². The summed E-state index contributed by atoms with van der Waals surface area (Å²) in [5, 5.41) is 0. The Balaban J connectivity index is 2.32. The van der Waals surface area contributed by atoms with Gasteiger partial charge in [0.15, 0.2) is 0 Å². The first-order chi connectivity index (χ1) is 10.0. The van der Waals surface area contributed by atoms with Crippen molar-refractivity contribution in [2.45, 2.75) is 39.7 Å². The monoisotopic (exact) mass is 283 g/mol. The summed E-state index contributed by atoms with van der Waals surface area (Å²) in [7, 11) is 0. The van der Waals surface area contributed by atoms with Crippen molar-refractivity contribution in [3.8, 4) is 5.75 Å². The molecule has 0 spiro atoms. The van der Waals surface area contributed by atoms with E-state index in [9.17, 15) is 0 Å². The highest BCUT2D eigenvalue weighted by molar-refractivity contribution is 5.40. The third kappa shape index (κ3) is 3.85. The molecule has 0 aromatic heterocycles. The fourth-order valence-corrected chi connectivity index (χ4v) is 2.50. The van der Waals surface area contributed by atoms with Crippen LogP contribution in [0.3, 0.4) is 0 Å². The maximum absolute atomic E-state index is 6.25. The van der Waals surface area contributed by atoms with Crippen molar-refractivity contribution >= 4 is 0 Å². The number of hydrogen-bond acceptors (Lipinski definition) is 2. The Kier molecular flexibility index (Phi) is 5.03. The van der Waals surface area contributed by atoms with Crippen molar-refractivity contribution in [2.75, 3.05) is 6.54 Å². The van der Waals surface area contributed by atoms with Crippen molar-refractivity contribution in [1.82, 2.24) is 0 Å². The van der Waals surface area contributed by atoms with Gasteiger partial charge in [-0.05, 0) is 42.5 Å². The van der Waals surface area contributed by atoms with Gasteiger partial charge in [0.2, 0.25) is 0 Å². The average Bonchev–Trinajstić information content (AvgIpc) is 2.44. The Morgan fingerprint density at radius 3 is 2.33 bits per heavy atom. The highest BCUT2D eigenvalue weighted by Gasteiger charge is 2.15. The lowest BCUT2D eigenvalue weighted by molar-refractivity contribution is 0.211. The van der Waals surface area contributed by atoms with Crippen molar-refractivity contribution in [3.63, 3.8) is 0 Å². The van der Waals surface area contributed by atoms with Crippen LogP contribution in [-0.4, -0.2) is 6.54 Å². The molecule has 2 rings (SSSR count). The molecule has 1 unspecified atom stereocenters. The van der Waals surface area contributed by atoms with E-state index in [0.29, 0.717) is 12.5 Å². The lowest BCUT2D eigenvalue weighted by Gasteiger charge is -2.22. The minimum atomic E-state index is -0.107. The highest BCUT2D eigenvalue weighted by atomic mass is 16.5. The molecule has 0 fully saturated rings. The van der Waals surface area contributed by atoms with Gasteiger partial charge in [0.05, 0.1) is 0 Å². The fraction of sp³-hybridized carbons (Fsp3) is 0.368. The SMILES string of the molecule is Cc1cccc(C(CN)Oc2cc(C)ccc2C(C)C)c1. The Labute approximate surface area is 127 Å². The van der Waals surface area contributed by atoms with Crippen molar-refractivity contribution in [3.05, 3.63) is 64.7 Å². The molecule has 2 N–H and O–H groups in total. The van der Waals surface area contributed by atoms with Crippen LogP contribution in [0.1, 0.15) is 48.1 Å². The molecule has 2 heteroatoms. The number of aryl methyl sites for hydroxylation is 2. The summed E-state index contributed by atoms with van der Waals surface area (Å²) in [4.78, 5) is 0. The van der Waals surface area contributed by atoms with E-state index in [2.05, 4.69) is 70.2 Å². The van der Waals surface area contributed by atoms with E-state index >= 15 is 0 Å². The first-order valence-corrected chi connectivity index (χ1v) is 7.55. The first-order valence-electron chi connectivity index (χ1n) is 7.55. The van der Waals surface area contributed by atoms with Gasteiger partial charge >= 0.3 is 0 Å². The molecule has 0 amide bonds. The predicted molar refractivity (Wildman–Crippen MR) is 88.9 cm³/mol. The second-order valence-electron chi connectivity index (χ2n) is 5.95. The number of ether oxygens (including phenoxy) is 1. The molecule has 2 aromatic carbocycles. The molecule has 0 heterocycles. The molecule has 0 bridgehead atoms. The van der Waals surface area contributed by atoms with Gasteiger partial charge in [-0.1, -0.05) is 55.8 Å². The summed E-state index contributed by atoms with van der Waals surface area (Å²) < 4.78 is 6.25. The maximum atomic E-state index is 6.25. The molecule has 0 radical (unpaired) electrons. The summed E-state index contributed by atoms with van der Waals surface area (Å²) in [5.41, 5.74) is 10.7. The topological polar surface area (TPSA) is 35.2 Å². The summed E-state index contributed by atoms with van der Waals surface area (Å²) >= 11 is 0. The molecule has 2 nitrogen and oxygen atoms in total. The zero-order valence-electron chi connectivity index (χ0n) is 13.4. The lowest BCUT2D eigenvalue weighted by Crippen LogP contribution is -2.19. The zero-order chi connectivity index (χ0) is 15.4. The molecule has 0 saturated carbocycles. The molecule has 0 aliphatic carbocycles. The first kappa shape index (κ1) is 15.6. The molecule has 0 aliphatic heterocycles. The number of rotatable bonds is 5. The smallest absolute Gasteiger partial charge is 0.136 e. The molecule has 112 valence electrons. The van der Waals surface area contributed by atoms with E-state index < -0.39 is 0 Å². The van der Waals surface area contributed by atoms with Crippen LogP contribution in [0.2, 0.25) is 0 Å². The van der Waals surface area contributed by atoms with Crippen LogP contribution in [0.25, 0.3) is 0 Å². The summed E-state index contributed by atoms with van der Waals surface area (Å²) in [5.74, 6) is 1.37. The van der Waals surface area contributed by atoms with Crippen molar-refractivity contribution in [1.29, 1.82) is 0 Å². The average molecular weight is 283 g/mol. The summed E-state index contributed by atoms with van der Waals surface area (Å²) in [6, 6.07) is 14.7.